The summed E-state index contributed by atoms with van der Waals surface area (Å²) in [6.45, 7) is 2.84. The summed E-state index contributed by atoms with van der Waals surface area (Å²) in [5.41, 5.74) is 10.3. The van der Waals surface area contributed by atoms with Crippen molar-refractivity contribution in [3.05, 3.63) is 70.7 Å². The van der Waals surface area contributed by atoms with Gasteiger partial charge in [-0.1, -0.05) is 31.5 Å². The van der Waals surface area contributed by atoms with Crippen molar-refractivity contribution in [2.45, 2.75) is 64.4 Å². The molecule has 0 aliphatic heterocycles. The first-order chi connectivity index (χ1) is 15.8. The molecular weight excluding hydrogens is 434 g/mol. The van der Waals surface area contributed by atoms with Gasteiger partial charge in [-0.05, 0) is 73.9 Å². The van der Waals surface area contributed by atoms with Gasteiger partial charge in [0.2, 0.25) is 0 Å². The molecule has 1 unspecified atom stereocenters. The highest BCUT2D eigenvalue weighted by Gasteiger charge is 2.32. The van der Waals surface area contributed by atoms with Crippen LogP contribution >= 0.6 is 0 Å². The van der Waals surface area contributed by atoms with Crippen LogP contribution in [0.5, 0.6) is 5.75 Å². The van der Waals surface area contributed by atoms with Crippen LogP contribution in [0.3, 0.4) is 0 Å². The fraction of sp³-hybridized carbons (Fsp3) is 0.440. The highest BCUT2D eigenvalue weighted by molar-refractivity contribution is 5.53. The van der Waals surface area contributed by atoms with Crippen LogP contribution in [0.1, 0.15) is 62.7 Å². The van der Waals surface area contributed by atoms with Crippen molar-refractivity contribution in [1.82, 2.24) is 5.32 Å². The number of nitrogens with one attached hydrogen (secondary N) is 2. The number of benzene rings is 2. The Hall–Kier alpha value is -2.74. The van der Waals surface area contributed by atoms with Gasteiger partial charge in [0.1, 0.15) is 17.7 Å². The van der Waals surface area contributed by atoms with E-state index in [4.69, 9.17) is 5.73 Å². The zero-order valence-corrected chi connectivity index (χ0v) is 18.8. The van der Waals surface area contributed by atoms with Gasteiger partial charge in [-0.3, -0.25) is 0 Å². The highest BCUT2D eigenvalue weighted by atomic mass is 19.4. The molecule has 1 atom stereocenters. The molecule has 0 heterocycles. The van der Waals surface area contributed by atoms with E-state index >= 15 is 0 Å². The topological polar surface area (TPSA) is 59.3 Å². The lowest BCUT2D eigenvalue weighted by atomic mass is 9.97. The fourth-order valence-electron chi connectivity index (χ4n) is 4.11. The molecule has 8 heteroatoms. The van der Waals surface area contributed by atoms with Crippen LogP contribution in [0.4, 0.5) is 23.2 Å². The summed E-state index contributed by atoms with van der Waals surface area (Å²) in [4.78, 5) is 0. The fourth-order valence-corrected chi connectivity index (χ4v) is 4.11. The van der Waals surface area contributed by atoms with Crippen LogP contribution in [0.25, 0.3) is 0 Å². The number of rotatable bonds is 9. The molecule has 2 aromatic rings. The van der Waals surface area contributed by atoms with Crippen LogP contribution < -0.4 is 21.1 Å². The Bertz CT molecular complexity index is 959. The van der Waals surface area contributed by atoms with E-state index in [1.54, 1.807) is 18.2 Å². The van der Waals surface area contributed by atoms with E-state index in [-0.39, 0.29) is 17.1 Å². The Kier molecular flexibility index (Phi) is 8.61. The first kappa shape index (κ1) is 24.9. The predicted molar refractivity (Wildman–Crippen MR) is 122 cm³/mol. The third-order valence-electron chi connectivity index (χ3n) is 5.68. The van der Waals surface area contributed by atoms with Gasteiger partial charge in [0.05, 0.1) is 0 Å². The maximum absolute atomic E-state index is 14.0. The average molecular weight is 466 g/mol. The van der Waals surface area contributed by atoms with Gasteiger partial charge in [0.15, 0.2) is 0 Å². The standard InChI is InChI=1S/C25H31F4N3O/c1-2-14-31-21-13-12-19(26)16-18(21)15-17-8-4-3-5-10-22(17)32-24(30)20-9-6-7-11-23(20)33-25(27,28)29/h6-7,9,11-13,16,24,31-32H,2-5,8,10,14-15,30H2,1H3. The van der Waals surface area contributed by atoms with Crippen molar-refractivity contribution in [3.63, 3.8) is 0 Å². The predicted octanol–water partition coefficient (Wildman–Crippen LogP) is 6.55. The number of alkyl halides is 3. The van der Waals surface area contributed by atoms with Crippen molar-refractivity contribution >= 4 is 5.69 Å². The molecule has 2 aromatic carbocycles. The van der Waals surface area contributed by atoms with Crippen LogP contribution in [0, 0.1) is 5.82 Å². The zero-order valence-electron chi connectivity index (χ0n) is 18.8. The number of nitrogens with two attached hydrogens (primary N) is 1. The molecule has 3 rings (SSSR count). The normalized spacial score (nSPS) is 15.7. The largest absolute Gasteiger partial charge is 0.573 e. The molecule has 0 saturated carbocycles. The minimum Gasteiger partial charge on any atom is -0.405 e. The number of anilines is 1. The van der Waals surface area contributed by atoms with Crippen LogP contribution in [-0.4, -0.2) is 12.9 Å². The first-order valence-electron chi connectivity index (χ1n) is 11.4. The molecule has 0 spiro atoms. The lowest BCUT2D eigenvalue weighted by Crippen LogP contribution is -2.30. The summed E-state index contributed by atoms with van der Waals surface area (Å²) in [6, 6.07) is 10.6. The van der Waals surface area contributed by atoms with E-state index in [2.05, 4.69) is 22.3 Å². The van der Waals surface area contributed by atoms with Gasteiger partial charge in [-0.25, -0.2) is 4.39 Å². The number of ether oxygens (including phenoxy) is 1. The van der Waals surface area contributed by atoms with Crippen molar-refractivity contribution in [2.75, 3.05) is 11.9 Å². The second kappa shape index (κ2) is 11.4. The lowest BCUT2D eigenvalue weighted by Gasteiger charge is -2.23. The summed E-state index contributed by atoms with van der Waals surface area (Å²) in [5.74, 6) is -0.623. The van der Waals surface area contributed by atoms with Crippen molar-refractivity contribution in [3.8, 4) is 5.75 Å². The number of para-hydroxylation sites is 1. The van der Waals surface area contributed by atoms with Gasteiger partial charge in [-0.15, -0.1) is 13.2 Å². The molecule has 0 fully saturated rings. The summed E-state index contributed by atoms with van der Waals surface area (Å²) >= 11 is 0. The summed E-state index contributed by atoms with van der Waals surface area (Å²) < 4.78 is 56.7. The molecule has 0 saturated heterocycles. The Morgan fingerprint density at radius 3 is 2.58 bits per heavy atom. The molecule has 0 bridgehead atoms. The lowest BCUT2D eigenvalue weighted by molar-refractivity contribution is -0.275. The first-order valence-corrected chi connectivity index (χ1v) is 11.4. The Balaban J connectivity index is 1.88. The van der Waals surface area contributed by atoms with Gasteiger partial charge in [-0.2, -0.15) is 0 Å². The summed E-state index contributed by atoms with van der Waals surface area (Å²) in [7, 11) is 0. The quantitative estimate of drug-likeness (QED) is 0.290. The van der Waals surface area contributed by atoms with Gasteiger partial charge < -0.3 is 21.1 Å². The molecule has 4 nitrogen and oxygen atoms in total. The molecule has 0 radical (unpaired) electrons. The third-order valence-corrected chi connectivity index (χ3v) is 5.68. The number of halogens is 4. The maximum Gasteiger partial charge on any atom is 0.573 e. The zero-order chi connectivity index (χ0) is 23.8. The van der Waals surface area contributed by atoms with Crippen molar-refractivity contribution < 1.29 is 22.3 Å². The molecule has 1 aliphatic carbocycles. The molecule has 0 aromatic heterocycles. The van der Waals surface area contributed by atoms with Crippen molar-refractivity contribution in [2.24, 2.45) is 5.73 Å². The van der Waals surface area contributed by atoms with Crippen LogP contribution in [-0.2, 0) is 6.42 Å². The SMILES string of the molecule is CCCNc1ccc(F)cc1CC1=C(NC(N)c2ccccc2OC(F)(F)F)CCCCC1. The average Bonchev–Trinajstić information content (AvgIpc) is 2.97. The van der Waals surface area contributed by atoms with E-state index < -0.39 is 12.5 Å². The van der Waals surface area contributed by atoms with E-state index in [0.717, 1.165) is 67.6 Å². The monoisotopic (exact) mass is 465 g/mol. The molecular formula is C25H31F4N3O. The Labute approximate surface area is 192 Å². The Morgan fingerprint density at radius 1 is 1.06 bits per heavy atom. The second-order valence-electron chi connectivity index (χ2n) is 8.26. The number of hydrogen-bond donors (Lipinski definition) is 3. The van der Waals surface area contributed by atoms with Gasteiger partial charge in [0.25, 0.3) is 0 Å². The molecule has 1 aliphatic rings. The highest BCUT2D eigenvalue weighted by Crippen LogP contribution is 2.32. The van der Waals surface area contributed by atoms with Gasteiger partial charge in [0, 0.05) is 23.5 Å². The summed E-state index contributed by atoms with van der Waals surface area (Å²) in [6.07, 6.45) is 0.346. The Morgan fingerprint density at radius 2 is 1.82 bits per heavy atom. The van der Waals surface area contributed by atoms with E-state index in [0.29, 0.717) is 6.42 Å². The maximum atomic E-state index is 14.0. The van der Waals surface area contributed by atoms with Crippen molar-refractivity contribution in [1.29, 1.82) is 0 Å². The van der Waals surface area contributed by atoms with E-state index in [1.165, 1.54) is 24.3 Å². The number of allylic oxidation sites excluding steroid dienone is 2. The number of hydrogen-bond acceptors (Lipinski definition) is 4. The third kappa shape index (κ3) is 7.39. The molecule has 33 heavy (non-hydrogen) atoms. The minimum atomic E-state index is -4.80. The van der Waals surface area contributed by atoms with E-state index in [9.17, 15) is 17.6 Å². The molecule has 180 valence electrons. The molecule has 0 amide bonds. The van der Waals surface area contributed by atoms with Crippen LogP contribution in [0.15, 0.2) is 53.7 Å². The van der Waals surface area contributed by atoms with E-state index in [1.807, 2.05) is 0 Å². The van der Waals surface area contributed by atoms with Crippen LogP contribution in [0.2, 0.25) is 0 Å². The molecule has 4 N–H and O–H groups in total. The van der Waals surface area contributed by atoms with Gasteiger partial charge >= 0.3 is 6.36 Å². The second-order valence-corrected chi connectivity index (χ2v) is 8.26. The smallest absolute Gasteiger partial charge is 0.405 e. The minimum absolute atomic E-state index is 0.224. The summed E-state index contributed by atoms with van der Waals surface area (Å²) in [5, 5.41) is 6.59.